The van der Waals surface area contributed by atoms with Crippen LogP contribution in [0.3, 0.4) is 0 Å². The highest BCUT2D eigenvalue weighted by molar-refractivity contribution is 5.77. The van der Waals surface area contributed by atoms with E-state index in [9.17, 15) is 0 Å². The number of pyridine rings is 1. The fraction of sp³-hybridized carbons (Fsp3) is 0.0682. The SMILES string of the molecule is C(NCCC[n+]1c(-c2ccccc2)cc(-c2ccccc2)cc1-c1ccccc1)=C1C=C(c2ccccc2)OC(c2ccccc2)=C1. The van der Waals surface area contributed by atoms with Crippen molar-refractivity contribution in [1.29, 1.82) is 0 Å². The number of rotatable bonds is 10. The van der Waals surface area contributed by atoms with Gasteiger partial charge in [0, 0.05) is 53.6 Å². The lowest BCUT2D eigenvalue weighted by atomic mass is 9.99. The second kappa shape index (κ2) is 14.4. The smallest absolute Gasteiger partial charge is 0.213 e. The van der Waals surface area contributed by atoms with Gasteiger partial charge in [0.15, 0.2) is 6.54 Å². The maximum absolute atomic E-state index is 6.38. The van der Waals surface area contributed by atoms with Crippen LogP contribution in [0.25, 0.3) is 45.2 Å². The second-order valence-electron chi connectivity index (χ2n) is 11.6. The first kappa shape index (κ1) is 29.8. The lowest BCUT2D eigenvalue weighted by Crippen LogP contribution is -2.40. The molecule has 0 saturated carbocycles. The molecule has 47 heavy (non-hydrogen) atoms. The third kappa shape index (κ3) is 7.16. The molecule has 228 valence electrons. The van der Waals surface area contributed by atoms with E-state index in [2.05, 4.69) is 156 Å². The number of nitrogens with one attached hydrogen (secondary N) is 1. The van der Waals surface area contributed by atoms with E-state index in [0.717, 1.165) is 47.7 Å². The third-order valence-corrected chi connectivity index (χ3v) is 8.32. The second-order valence-corrected chi connectivity index (χ2v) is 11.6. The molecule has 1 aromatic heterocycles. The normalized spacial score (nSPS) is 12.5. The molecule has 0 saturated heterocycles. The topological polar surface area (TPSA) is 25.1 Å². The van der Waals surface area contributed by atoms with Crippen LogP contribution in [0.2, 0.25) is 0 Å². The lowest BCUT2D eigenvalue weighted by Gasteiger charge is -2.19. The molecule has 3 heteroatoms. The minimum Gasteiger partial charge on any atom is -0.456 e. The zero-order valence-corrected chi connectivity index (χ0v) is 26.3. The van der Waals surface area contributed by atoms with Gasteiger partial charge in [-0.25, -0.2) is 0 Å². The number of ether oxygens (including phenoxy) is 1. The van der Waals surface area contributed by atoms with Crippen molar-refractivity contribution in [1.82, 2.24) is 5.32 Å². The van der Waals surface area contributed by atoms with E-state index >= 15 is 0 Å². The molecule has 0 aliphatic carbocycles. The zero-order valence-electron chi connectivity index (χ0n) is 26.3. The van der Waals surface area contributed by atoms with Gasteiger partial charge in [-0.2, -0.15) is 4.57 Å². The predicted molar refractivity (Wildman–Crippen MR) is 194 cm³/mol. The van der Waals surface area contributed by atoms with Crippen molar-refractivity contribution in [2.75, 3.05) is 6.54 Å². The van der Waals surface area contributed by atoms with E-state index in [-0.39, 0.29) is 0 Å². The number of nitrogens with zero attached hydrogens (tertiary/aromatic N) is 1. The van der Waals surface area contributed by atoms with Crippen molar-refractivity contribution in [3.63, 3.8) is 0 Å². The van der Waals surface area contributed by atoms with Crippen molar-refractivity contribution in [3.05, 3.63) is 199 Å². The van der Waals surface area contributed by atoms with E-state index in [4.69, 9.17) is 4.74 Å². The van der Waals surface area contributed by atoms with Gasteiger partial charge in [0.05, 0.1) is 0 Å². The molecule has 6 aromatic rings. The van der Waals surface area contributed by atoms with Gasteiger partial charge in [-0.1, -0.05) is 127 Å². The maximum atomic E-state index is 6.38. The summed E-state index contributed by atoms with van der Waals surface area (Å²) in [6.45, 7) is 1.68. The van der Waals surface area contributed by atoms with Crippen LogP contribution < -0.4 is 9.88 Å². The number of benzene rings is 5. The Morgan fingerprint density at radius 3 is 1.32 bits per heavy atom. The number of hydrogen-bond donors (Lipinski definition) is 1. The Morgan fingerprint density at radius 2 is 0.872 bits per heavy atom. The predicted octanol–water partition coefficient (Wildman–Crippen LogP) is 9.95. The van der Waals surface area contributed by atoms with Crippen molar-refractivity contribution in [3.8, 4) is 33.6 Å². The largest absolute Gasteiger partial charge is 0.456 e. The van der Waals surface area contributed by atoms with E-state index in [1.165, 1.54) is 33.6 Å². The lowest BCUT2D eigenvalue weighted by molar-refractivity contribution is -0.675. The summed E-state index contributed by atoms with van der Waals surface area (Å²) in [6, 6.07) is 57.3. The van der Waals surface area contributed by atoms with Gasteiger partial charge in [0.25, 0.3) is 0 Å². The molecule has 1 aliphatic rings. The fourth-order valence-electron chi connectivity index (χ4n) is 5.98. The summed E-state index contributed by atoms with van der Waals surface area (Å²) >= 11 is 0. The van der Waals surface area contributed by atoms with Crippen LogP contribution in [0.1, 0.15) is 17.5 Å². The van der Waals surface area contributed by atoms with Gasteiger partial charge in [0.2, 0.25) is 11.4 Å². The summed E-state index contributed by atoms with van der Waals surface area (Å²) in [5.41, 5.74) is 10.4. The molecule has 0 amide bonds. The molecule has 0 radical (unpaired) electrons. The van der Waals surface area contributed by atoms with Crippen molar-refractivity contribution in [2.45, 2.75) is 13.0 Å². The summed E-state index contributed by atoms with van der Waals surface area (Å²) in [5.74, 6) is 1.68. The summed E-state index contributed by atoms with van der Waals surface area (Å²) in [5, 5.41) is 3.61. The third-order valence-electron chi connectivity index (χ3n) is 8.32. The monoisotopic (exact) mass is 609 g/mol. The van der Waals surface area contributed by atoms with Crippen LogP contribution in [0.4, 0.5) is 0 Å². The highest BCUT2D eigenvalue weighted by Crippen LogP contribution is 2.32. The summed E-state index contributed by atoms with van der Waals surface area (Å²) in [6.07, 6.45) is 7.26. The highest BCUT2D eigenvalue weighted by atomic mass is 16.5. The summed E-state index contributed by atoms with van der Waals surface area (Å²) in [4.78, 5) is 0. The van der Waals surface area contributed by atoms with Crippen molar-refractivity contribution in [2.24, 2.45) is 0 Å². The van der Waals surface area contributed by atoms with Crippen LogP contribution >= 0.6 is 0 Å². The molecule has 7 rings (SSSR count). The van der Waals surface area contributed by atoms with Crippen LogP contribution in [-0.2, 0) is 11.3 Å². The molecule has 5 aromatic carbocycles. The first-order valence-corrected chi connectivity index (χ1v) is 16.2. The molecule has 0 fully saturated rings. The van der Waals surface area contributed by atoms with E-state index in [1.54, 1.807) is 0 Å². The Labute approximate surface area is 277 Å². The Hall–Kier alpha value is -5.93. The van der Waals surface area contributed by atoms with Gasteiger partial charge >= 0.3 is 0 Å². The van der Waals surface area contributed by atoms with Crippen LogP contribution in [0, 0.1) is 0 Å². The van der Waals surface area contributed by atoms with Crippen molar-refractivity contribution >= 4 is 11.5 Å². The van der Waals surface area contributed by atoms with Gasteiger partial charge in [-0.05, 0) is 53.1 Å². The Bertz CT molecular complexity index is 1900. The van der Waals surface area contributed by atoms with E-state index in [1.807, 2.05) is 36.4 Å². The Kier molecular flexibility index (Phi) is 9.15. The molecular formula is C44H37N2O+. The zero-order chi connectivity index (χ0) is 31.7. The molecule has 0 unspecified atom stereocenters. The number of aromatic nitrogens is 1. The average Bonchev–Trinajstić information content (AvgIpc) is 3.16. The quantitative estimate of drug-likeness (QED) is 0.124. The molecule has 0 spiro atoms. The Balaban J connectivity index is 1.17. The number of hydrogen-bond acceptors (Lipinski definition) is 2. The minimum absolute atomic E-state index is 0.823. The molecule has 1 aliphatic heterocycles. The van der Waals surface area contributed by atoms with Gasteiger partial charge in [-0.3, -0.25) is 0 Å². The molecule has 0 atom stereocenters. The minimum atomic E-state index is 0.823. The summed E-state index contributed by atoms with van der Waals surface area (Å²) < 4.78 is 8.85. The van der Waals surface area contributed by atoms with Gasteiger partial charge < -0.3 is 10.1 Å². The van der Waals surface area contributed by atoms with Crippen LogP contribution in [0.15, 0.2) is 188 Å². The molecular weight excluding hydrogens is 572 g/mol. The fourth-order valence-corrected chi connectivity index (χ4v) is 5.98. The van der Waals surface area contributed by atoms with Crippen molar-refractivity contribution < 1.29 is 9.30 Å². The van der Waals surface area contributed by atoms with Crippen LogP contribution in [-0.4, -0.2) is 6.54 Å². The number of allylic oxidation sites excluding steroid dienone is 3. The molecule has 2 heterocycles. The average molecular weight is 610 g/mol. The van der Waals surface area contributed by atoms with Crippen LogP contribution in [0.5, 0.6) is 0 Å². The molecule has 3 nitrogen and oxygen atoms in total. The molecule has 1 N–H and O–H groups in total. The van der Waals surface area contributed by atoms with Gasteiger partial charge in [0.1, 0.15) is 11.5 Å². The standard InChI is InChI=1S/C44H37N2O/c1-6-17-35(18-7-1)40-31-41(36-19-8-2-9-20-36)46(42(32-40)37-21-10-3-11-22-37)28-16-27-45-33-34-29-43(38-23-12-4-13-24-38)47-44(30-34)39-25-14-5-15-26-39/h1-15,17-26,29-33,45H,16,27-28H2/q+1. The van der Waals surface area contributed by atoms with E-state index in [0.29, 0.717) is 0 Å². The Morgan fingerprint density at radius 1 is 0.468 bits per heavy atom. The first-order chi connectivity index (χ1) is 23.3. The van der Waals surface area contributed by atoms with E-state index < -0.39 is 0 Å². The first-order valence-electron chi connectivity index (χ1n) is 16.2. The summed E-state index contributed by atoms with van der Waals surface area (Å²) in [7, 11) is 0. The van der Waals surface area contributed by atoms with Gasteiger partial charge in [-0.15, -0.1) is 0 Å². The maximum Gasteiger partial charge on any atom is 0.213 e. The highest BCUT2D eigenvalue weighted by Gasteiger charge is 2.22. The molecule has 0 bridgehead atoms.